The third-order valence-electron chi connectivity index (χ3n) is 2.44. The molecule has 0 aliphatic heterocycles. The first-order valence-corrected chi connectivity index (χ1v) is 5.60. The Balaban J connectivity index is 2.04. The van der Waals surface area contributed by atoms with Crippen molar-refractivity contribution in [2.75, 3.05) is 5.43 Å². The summed E-state index contributed by atoms with van der Waals surface area (Å²) < 4.78 is 5.15. The lowest BCUT2D eigenvalue weighted by molar-refractivity contribution is 0.0961. The van der Waals surface area contributed by atoms with Crippen LogP contribution in [0, 0.1) is 25.2 Å². The van der Waals surface area contributed by atoms with Crippen LogP contribution in [0.1, 0.15) is 27.5 Å². The highest BCUT2D eigenvalue weighted by molar-refractivity contribution is 5.94. The van der Waals surface area contributed by atoms with Crippen molar-refractivity contribution < 1.29 is 9.21 Å². The first-order chi connectivity index (χ1) is 9.10. The number of amides is 1. The Labute approximate surface area is 110 Å². The fourth-order valence-electron chi connectivity index (χ4n) is 1.48. The van der Waals surface area contributed by atoms with Gasteiger partial charge in [0.25, 0.3) is 11.8 Å². The van der Waals surface area contributed by atoms with Crippen LogP contribution >= 0.6 is 0 Å². The van der Waals surface area contributed by atoms with Crippen LogP contribution in [-0.4, -0.2) is 10.9 Å². The lowest BCUT2D eigenvalue weighted by atomic mass is 10.1. The predicted octanol–water partition coefficient (Wildman–Crippen LogP) is 1.92. The van der Waals surface area contributed by atoms with Gasteiger partial charge in [-0.1, -0.05) is 17.7 Å². The van der Waals surface area contributed by atoms with Crippen molar-refractivity contribution in [1.82, 2.24) is 10.4 Å². The maximum Gasteiger partial charge on any atom is 0.269 e. The summed E-state index contributed by atoms with van der Waals surface area (Å²) in [6.07, 6.45) is 0. The number of nitrogens with zero attached hydrogens (tertiary/aromatic N) is 2. The van der Waals surface area contributed by atoms with Gasteiger partial charge in [0.15, 0.2) is 5.89 Å². The number of carbonyl (C=O) groups excluding carboxylic acids is 1. The summed E-state index contributed by atoms with van der Waals surface area (Å²) in [7, 11) is 0. The van der Waals surface area contributed by atoms with Crippen LogP contribution in [-0.2, 0) is 0 Å². The van der Waals surface area contributed by atoms with Gasteiger partial charge in [-0.3, -0.25) is 15.6 Å². The van der Waals surface area contributed by atoms with Gasteiger partial charge in [0.05, 0.1) is 0 Å². The molecule has 0 aliphatic rings. The average Bonchev–Trinajstić information content (AvgIpc) is 2.77. The van der Waals surface area contributed by atoms with Crippen LogP contribution in [0.5, 0.6) is 0 Å². The Kier molecular flexibility index (Phi) is 3.48. The molecule has 0 radical (unpaired) electrons. The minimum atomic E-state index is -0.321. The van der Waals surface area contributed by atoms with Crippen LogP contribution < -0.4 is 10.9 Å². The van der Waals surface area contributed by atoms with Crippen molar-refractivity contribution in [3.8, 4) is 6.07 Å². The van der Waals surface area contributed by atoms with Gasteiger partial charge in [0.1, 0.15) is 6.07 Å². The Morgan fingerprint density at radius 2 is 2.00 bits per heavy atom. The minimum absolute atomic E-state index is 0.0988. The molecule has 0 fully saturated rings. The number of benzene rings is 1. The molecule has 1 amide bonds. The lowest BCUT2D eigenvalue weighted by Crippen LogP contribution is -2.29. The van der Waals surface area contributed by atoms with Gasteiger partial charge in [0.2, 0.25) is 5.69 Å². The zero-order chi connectivity index (χ0) is 13.8. The number of nitrogens with one attached hydrogen (secondary N) is 2. The van der Waals surface area contributed by atoms with Gasteiger partial charge < -0.3 is 4.42 Å². The van der Waals surface area contributed by atoms with E-state index in [2.05, 4.69) is 15.8 Å². The fraction of sp³-hybridized carbons (Fsp3) is 0.154. The fourth-order valence-corrected chi connectivity index (χ4v) is 1.48. The largest absolute Gasteiger partial charge is 0.422 e. The number of aryl methyl sites for hydroxylation is 2. The maximum atomic E-state index is 11.8. The number of oxazole rings is 1. The summed E-state index contributed by atoms with van der Waals surface area (Å²) in [5, 5.41) is 8.82. The van der Waals surface area contributed by atoms with Crippen LogP contribution in [0.3, 0.4) is 0 Å². The van der Waals surface area contributed by atoms with Crippen molar-refractivity contribution in [1.29, 1.82) is 5.26 Å². The number of hydrazine groups is 1. The van der Waals surface area contributed by atoms with E-state index >= 15 is 0 Å². The molecule has 0 saturated carbocycles. The highest BCUT2D eigenvalue weighted by Crippen LogP contribution is 2.14. The maximum absolute atomic E-state index is 11.8. The van der Waals surface area contributed by atoms with Gasteiger partial charge in [-0.25, -0.2) is 4.98 Å². The molecular weight excluding hydrogens is 244 g/mol. The Hall–Kier alpha value is -2.81. The van der Waals surface area contributed by atoms with E-state index in [1.165, 1.54) is 0 Å². The van der Waals surface area contributed by atoms with E-state index < -0.39 is 0 Å². The first kappa shape index (κ1) is 12.6. The van der Waals surface area contributed by atoms with Gasteiger partial charge in [-0.15, -0.1) is 0 Å². The molecule has 19 heavy (non-hydrogen) atoms. The third-order valence-corrected chi connectivity index (χ3v) is 2.44. The molecular formula is C13H12N4O2. The zero-order valence-corrected chi connectivity index (χ0v) is 10.5. The minimum Gasteiger partial charge on any atom is -0.422 e. The van der Waals surface area contributed by atoms with Gasteiger partial charge >= 0.3 is 0 Å². The molecule has 1 aromatic carbocycles. The SMILES string of the molecule is Cc1ccc(C(=O)NNc2oc(C)nc2C#N)cc1. The monoisotopic (exact) mass is 256 g/mol. The second kappa shape index (κ2) is 5.23. The smallest absolute Gasteiger partial charge is 0.269 e. The van der Waals surface area contributed by atoms with Crippen molar-refractivity contribution in [3.63, 3.8) is 0 Å². The number of hydrogen-bond donors (Lipinski definition) is 2. The summed E-state index contributed by atoms with van der Waals surface area (Å²) >= 11 is 0. The molecule has 0 aliphatic carbocycles. The van der Waals surface area contributed by atoms with E-state index in [1.54, 1.807) is 19.1 Å². The number of carbonyl (C=O) groups is 1. The molecule has 0 bridgehead atoms. The topological polar surface area (TPSA) is 90.9 Å². The number of nitriles is 1. The summed E-state index contributed by atoms with van der Waals surface area (Å²) in [6, 6.07) is 8.97. The third kappa shape index (κ3) is 2.90. The number of anilines is 1. The highest BCUT2D eigenvalue weighted by atomic mass is 16.4. The summed E-state index contributed by atoms with van der Waals surface area (Å²) in [4.78, 5) is 15.7. The van der Waals surface area contributed by atoms with Crippen molar-refractivity contribution in [2.24, 2.45) is 0 Å². The second-order valence-electron chi connectivity index (χ2n) is 3.97. The second-order valence-corrected chi connectivity index (χ2v) is 3.97. The van der Waals surface area contributed by atoms with E-state index in [-0.39, 0.29) is 17.5 Å². The molecule has 0 saturated heterocycles. The summed E-state index contributed by atoms with van der Waals surface area (Å²) in [6.45, 7) is 3.56. The number of aromatic nitrogens is 1. The van der Waals surface area contributed by atoms with E-state index in [0.717, 1.165) is 5.56 Å². The van der Waals surface area contributed by atoms with Crippen molar-refractivity contribution in [2.45, 2.75) is 13.8 Å². The molecule has 2 N–H and O–H groups in total. The summed E-state index contributed by atoms with van der Waals surface area (Å²) in [5.41, 5.74) is 6.67. The molecule has 6 nitrogen and oxygen atoms in total. The molecule has 0 atom stereocenters. The molecule has 0 spiro atoms. The van der Waals surface area contributed by atoms with Crippen molar-refractivity contribution in [3.05, 3.63) is 47.0 Å². The first-order valence-electron chi connectivity index (χ1n) is 5.60. The van der Waals surface area contributed by atoms with Gasteiger partial charge in [0, 0.05) is 12.5 Å². The van der Waals surface area contributed by atoms with E-state index in [0.29, 0.717) is 11.5 Å². The van der Waals surface area contributed by atoms with Crippen molar-refractivity contribution >= 4 is 11.8 Å². The average molecular weight is 256 g/mol. The van der Waals surface area contributed by atoms with Crippen LogP contribution in [0.15, 0.2) is 28.7 Å². The number of rotatable bonds is 3. The van der Waals surface area contributed by atoms with Crippen LogP contribution in [0.25, 0.3) is 0 Å². The van der Waals surface area contributed by atoms with E-state index in [4.69, 9.17) is 9.68 Å². The predicted molar refractivity (Wildman–Crippen MR) is 68.2 cm³/mol. The molecule has 6 heteroatoms. The Bertz CT molecular complexity index is 638. The van der Waals surface area contributed by atoms with Gasteiger partial charge in [-0.05, 0) is 19.1 Å². The van der Waals surface area contributed by atoms with Gasteiger partial charge in [-0.2, -0.15) is 5.26 Å². The Morgan fingerprint density at radius 1 is 1.32 bits per heavy atom. The summed E-state index contributed by atoms with van der Waals surface area (Å²) in [5.74, 6) is 0.155. The zero-order valence-electron chi connectivity index (χ0n) is 10.5. The van der Waals surface area contributed by atoms with Crippen LogP contribution in [0.2, 0.25) is 0 Å². The molecule has 2 aromatic rings. The Morgan fingerprint density at radius 3 is 2.63 bits per heavy atom. The molecule has 96 valence electrons. The molecule has 0 unspecified atom stereocenters. The van der Waals surface area contributed by atoms with E-state index in [9.17, 15) is 4.79 Å². The standard InChI is InChI=1S/C13H12N4O2/c1-8-3-5-10(6-4-8)12(18)16-17-13-11(7-14)15-9(2)19-13/h3-6,17H,1-2H3,(H,16,18). The number of hydrogen-bond acceptors (Lipinski definition) is 5. The van der Waals surface area contributed by atoms with E-state index in [1.807, 2.05) is 25.1 Å². The molecule has 1 aromatic heterocycles. The molecule has 2 rings (SSSR count). The quantitative estimate of drug-likeness (QED) is 0.818. The molecule has 1 heterocycles. The normalized spacial score (nSPS) is 9.74. The van der Waals surface area contributed by atoms with Crippen LogP contribution in [0.4, 0.5) is 5.88 Å². The lowest BCUT2D eigenvalue weighted by Gasteiger charge is -2.05. The highest BCUT2D eigenvalue weighted by Gasteiger charge is 2.11.